The van der Waals surface area contributed by atoms with E-state index >= 15 is 0 Å². The van der Waals surface area contributed by atoms with Gasteiger partial charge in [0.2, 0.25) is 10.0 Å². The normalized spacial score (nSPS) is 27.9. The van der Waals surface area contributed by atoms with Crippen LogP contribution in [0.4, 0.5) is 0 Å². The van der Waals surface area contributed by atoms with Crippen molar-refractivity contribution in [1.29, 1.82) is 0 Å². The second kappa shape index (κ2) is 4.55. The van der Waals surface area contributed by atoms with Crippen LogP contribution in [0.1, 0.15) is 13.8 Å². The molecule has 0 aromatic rings. The molecule has 1 rings (SSSR count). The van der Waals surface area contributed by atoms with Crippen molar-refractivity contribution in [2.45, 2.75) is 25.6 Å². The molecule has 1 saturated heterocycles. The summed E-state index contributed by atoms with van der Waals surface area (Å²) in [5.41, 5.74) is -0.592. The van der Waals surface area contributed by atoms with E-state index in [-0.39, 0.29) is 19.7 Å². The van der Waals surface area contributed by atoms with Gasteiger partial charge >= 0.3 is 0 Å². The first-order valence-electron chi connectivity index (χ1n) is 4.63. The number of halogens is 1. The van der Waals surface area contributed by atoms with Crippen LogP contribution in [0.2, 0.25) is 0 Å². The van der Waals surface area contributed by atoms with Crippen molar-refractivity contribution in [3.63, 3.8) is 0 Å². The lowest BCUT2D eigenvalue weighted by Gasteiger charge is -2.41. The number of nitrogens with zero attached hydrogens (tertiary/aromatic N) is 1. The van der Waals surface area contributed by atoms with Crippen LogP contribution in [0.5, 0.6) is 0 Å². The summed E-state index contributed by atoms with van der Waals surface area (Å²) in [5.74, 6) is 0. The zero-order valence-corrected chi connectivity index (χ0v) is 10.4. The Hall–Kier alpha value is 0.120. The largest absolute Gasteiger partial charge is 0.394 e. The molecule has 1 aliphatic heterocycles. The lowest BCUT2D eigenvalue weighted by molar-refractivity contribution is -0.131. The molecule has 1 aliphatic rings. The molecule has 0 amide bonds. The number of hydrogen-bond acceptors (Lipinski definition) is 4. The van der Waals surface area contributed by atoms with Gasteiger partial charge in [0, 0.05) is 13.1 Å². The molecule has 7 heteroatoms. The van der Waals surface area contributed by atoms with Crippen LogP contribution in [0, 0.1) is 0 Å². The summed E-state index contributed by atoms with van der Waals surface area (Å²) in [6, 6.07) is 0. The van der Waals surface area contributed by atoms with Gasteiger partial charge in [-0.25, -0.2) is 8.42 Å². The maximum absolute atomic E-state index is 11.6. The SMILES string of the molecule is CC1(C)CN(S(=O)(=O)CCl)CC(CO)O1. The number of aliphatic hydroxyl groups is 1. The number of rotatable bonds is 3. The molecule has 1 fully saturated rings. The van der Waals surface area contributed by atoms with Crippen molar-refractivity contribution in [2.75, 3.05) is 24.9 Å². The minimum atomic E-state index is -3.43. The summed E-state index contributed by atoms with van der Waals surface area (Å²) in [6.45, 7) is 3.79. The molecular formula is C8H16ClNO4S. The quantitative estimate of drug-likeness (QED) is 0.722. The fourth-order valence-electron chi connectivity index (χ4n) is 1.62. The van der Waals surface area contributed by atoms with Gasteiger partial charge < -0.3 is 9.84 Å². The zero-order valence-electron chi connectivity index (χ0n) is 8.81. The van der Waals surface area contributed by atoms with E-state index in [0.717, 1.165) is 0 Å². The van der Waals surface area contributed by atoms with Crippen molar-refractivity contribution in [3.05, 3.63) is 0 Å². The van der Waals surface area contributed by atoms with Crippen LogP contribution in [-0.2, 0) is 14.8 Å². The number of sulfonamides is 1. The third-order valence-electron chi connectivity index (χ3n) is 2.19. The Morgan fingerprint density at radius 1 is 1.60 bits per heavy atom. The lowest BCUT2D eigenvalue weighted by Crippen LogP contribution is -2.55. The smallest absolute Gasteiger partial charge is 0.228 e. The monoisotopic (exact) mass is 257 g/mol. The van der Waals surface area contributed by atoms with Gasteiger partial charge in [0.05, 0.1) is 18.3 Å². The minimum absolute atomic E-state index is 0.162. The third-order valence-corrected chi connectivity index (χ3v) is 4.35. The number of alkyl halides is 1. The second-order valence-electron chi connectivity index (χ2n) is 4.20. The number of aliphatic hydroxyl groups excluding tert-OH is 1. The average Bonchev–Trinajstić information content (AvgIpc) is 2.15. The molecule has 0 spiro atoms. The van der Waals surface area contributed by atoms with Gasteiger partial charge in [-0.1, -0.05) is 0 Å². The number of hydrogen-bond donors (Lipinski definition) is 1. The summed E-state index contributed by atoms with van der Waals surface area (Å²) in [6.07, 6.45) is -0.480. The van der Waals surface area contributed by atoms with Crippen LogP contribution in [-0.4, -0.2) is 54.4 Å². The molecule has 0 aliphatic carbocycles. The van der Waals surface area contributed by atoms with Gasteiger partial charge in [-0.15, -0.1) is 11.6 Å². The van der Waals surface area contributed by atoms with E-state index in [0.29, 0.717) is 0 Å². The fourth-order valence-corrected chi connectivity index (χ4v) is 3.07. The van der Waals surface area contributed by atoms with Crippen LogP contribution >= 0.6 is 11.6 Å². The lowest BCUT2D eigenvalue weighted by atomic mass is 10.1. The average molecular weight is 258 g/mol. The first-order chi connectivity index (χ1) is 6.80. The molecule has 1 heterocycles. The van der Waals surface area contributed by atoms with Crippen molar-refractivity contribution in [3.8, 4) is 0 Å². The van der Waals surface area contributed by atoms with Gasteiger partial charge in [0.15, 0.2) is 0 Å². The zero-order chi connectivity index (χ0) is 11.7. The number of morpholine rings is 1. The second-order valence-corrected chi connectivity index (χ2v) is 6.75. The van der Waals surface area contributed by atoms with Crippen LogP contribution in [0.25, 0.3) is 0 Å². The van der Waals surface area contributed by atoms with Crippen LogP contribution in [0.3, 0.4) is 0 Å². The minimum Gasteiger partial charge on any atom is -0.394 e. The van der Waals surface area contributed by atoms with Crippen molar-refractivity contribution >= 4 is 21.6 Å². The Morgan fingerprint density at radius 3 is 2.67 bits per heavy atom. The summed E-state index contributed by atoms with van der Waals surface area (Å²) in [5, 5.41) is 8.56. The highest BCUT2D eigenvalue weighted by Gasteiger charge is 2.38. The van der Waals surface area contributed by atoms with E-state index in [1.165, 1.54) is 4.31 Å². The maximum atomic E-state index is 11.6. The highest BCUT2D eigenvalue weighted by molar-refractivity contribution is 7.90. The van der Waals surface area contributed by atoms with E-state index < -0.39 is 26.9 Å². The van der Waals surface area contributed by atoms with Gasteiger partial charge in [-0.05, 0) is 13.8 Å². The third kappa shape index (κ3) is 3.29. The summed E-state index contributed by atoms with van der Waals surface area (Å²) in [4.78, 5) is 0. The van der Waals surface area contributed by atoms with Crippen molar-refractivity contribution < 1.29 is 18.3 Å². The summed E-state index contributed by atoms with van der Waals surface area (Å²) >= 11 is 5.38. The molecule has 0 bridgehead atoms. The van der Waals surface area contributed by atoms with E-state index in [9.17, 15) is 8.42 Å². The molecule has 5 nitrogen and oxygen atoms in total. The Balaban J connectivity index is 2.84. The summed E-state index contributed by atoms with van der Waals surface area (Å²) in [7, 11) is -3.43. The van der Waals surface area contributed by atoms with Crippen LogP contribution in [0.15, 0.2) is 0 Å². The van der Waals surface area contributed by atoms with Gasteiger partial charge in [0.1, 0.15) is 5.21 Å². The van der Waals surface area contributed by atoms with E-state index in [4.69, 9.17) is 21.4 Å². The first-order valence-corrected chi connectivity index (χ1v) is 6.77. The van der Waals surface area contributed by atoms with Crippen molar-refractivity contribution in [1.82, 2.24) is 4.31 Å². The molecular weight excluding hydrogens is 242 g/mol. The maximum Gasteiger partial charge on any atom is 0.228 e. The topological polar surface area (TPSA) is 66.8 Å². The molecule has 1 unspecified atom stereocenters. The molecule has 15 heavy (non-hydrogen) atoms. The van der Waals surface area contributed by atoms with Gasteiger partial charge in [0.25, 0.3) is 0 Å². The molecule has 1 atom stereocenters. The van der Waals surface area contributed by atoms with E-state index in [1.54, 1.807) is 13.8 Å². The highest BCUT2D eigenvalue weighted by Crippen LogP contribution is 2.23. The summed E-state index contributed by atoms with van der Waals surface area (Å²) < 4.78 is 29.9. The van der Waals surface area contributed by atoms with E-state index in [2.05, 4.69) is 0 Å². The van der Waals surface area contributed by atoms with Crippen molar-refractivity contribution in [2.24, 2.45) is 0 Å². The van der Waals surface area contributed by atoms with Crippen LogP contribution < -0.4 is 0 Å². The predicted molar refractivity (Wildman–Crippen MR) is 57.3 cm³/mol. The number of ether oxygens (including phenoxy) is 1. The Bertz CT molecular complexity index is 317. The highest BCUT2D eigenvalue weighted by atomic mass is 35.5. The molecule has 90 valence electrons. The Labute approximate surface area is 95.0 Å². The Morgan fingerprint density at radius 2 is 2.20 bits per heavy atom. The first kappa shape index (κ1) is 13.2. The standard InChI is InChI=1S/C8H16ClNO4S/c1-8(2)5-10(15(12,13)6-9)3-7(4-11)14-8/h7,11H,3-6H2,1-2H3. The van der Waals surface area contributed by atoms with Gasteiger partial charge in [-0.3, -0.25) is 0 Å². The van der Waals surface area contributed by atoms with E-state index in [1.807, 2.05) is 0 Å². The fraction of sp³-hybridized carbons (Fsp3) is 1.00. The molecule has 0 aromatic carbocycles. The predicted octanol–water partition coefficient (Wildman–Crippen LogP) is -0.0158. The molecule has 0 radical (unpaired) electrons. The molecule has 1 N–H and O–H groups in total. The molecule has 0 saturated carbocycles. The Kier molecular flexibility index (Phi) is 4.00. The van der Waals surface area contributed by atoms with Gasteiger partial charge in [-0.2, -0.15) is 4.31 Å². The molecule has 0 aromatic heterocycles.